The van der Waals surface area contributed by atoms with E-state index < -0.39 is 5.97 Å². The number of pyridine rings is 2. The van der Waals surface area contributed by atoms with Crippen molar-refractivity contribution in [1.82, 2.24) is 69.0 Å². The van der Waals surface area contributed by atoms with Crippen LogP contribution in [0.3, 0.4) is 0 Å². The predicted molar refractivity (Wildman–Crippen MR) is 242 cm³/mol. The van der Waals surface area contributed by atoms with E-state index in [-0.39, 0.29) is 30.6 Å². The third-order valence-electron chi connectivity index (χ3n) is 11.2. The van der Waals surface area contributed by atoms with Gasteiger partial charge in [-0.1, -0.05) is 0 Å². The van der Waals surface area contributed by atoms with Crippen LogP contribution in [-0.4, -0.2) is 99.1 Å². The number of carboxylic acid groups (broad SMARTS) is 1. The molecule has 67 heavy (non-hydrogen) atoms. The molecule has 8 aromatic heterocycles. The Hall–Kier alpha value is -8.88. The van der Waals surface area contributed by atoms with Gasteiger partial charge in [-0.2, -0.15) is 20.4 Å². The van der Waals surface area contributed by atoms with Gasteiger partial charge in [0.05, 0.1) is 57.3 Å². The van der Waals surface area contributed by atoms with Crippen LogP contribution >= 0.6 is 0 Å². The maximum atomic E-state index is 13.4. The fourth-order valence-electron chi connectivity index (χ4n) is 8.18. The number of amides is 1. The fourth-order valence-corrected chi connectivity index (χ4v) is 8.18. The monoisotopic (exact) mass is 902 g/mol. The van der Waals surface area contributed by atoms with Gasteiger partial charge in [0, 0.05) is 50.3 Å². The maximum absolute atomic E-state index is 13.4. The highest BCUT2D eigenvalue weighted by Gasteiger charge is 2.28. The van der Waals surface area contributed by atoms with Gasteiger partial charge >= 0.3 is 5.97 Å². The number of aliphatic carboxylic acids is 1. The van der Waals surface area contributed by atoms with E-state index >= 15 is 0 Å². The summed E-state index contributed by atoms with van der Waals surface area (Å²) in [5.74, 6) is -0.364. The quantitative estimate of drug-likeness (QED) is 0.130. The topological polar surface area (TPSA) is 224 Å². The van der Waals surface area contributed by atoms with Gasteiger partial charge in [0.1, 0.15) is 36.1 Å². The molecule has 4 N–H and O–H groups in total. The molecule has 0 spiro atoms. The highest BCUT2D eigenvalue weighted by Crippen LogP contribution is 2.31. The minimum atomic E-state index is -0.962. The summed E-state index contributed by atoms with van der Waals surface area (Å²) in [5, 5.41) is 31.5. The van der Waals surface area contributed by atoms with Crippen LogP contribution in [0.25, 0.3) is 56.5 Å². The number of carboxylic acids is 1. The molecule has 2 aliphatic heterocycles. The molecular weight excluding hydrogens is 863 g/mol. The summed E-state index contributed by atoms with van der Waals surface area (Å²) >= 11 is 0. The summed E-state index contributed by atoms with van der Waals surface area (Å²) < 4.78 is 32.8. The van der Waals surface area contributed by atoms with Crippen LogP contribution in [0.1, 0.15) is 24.2 Å². The van der Waals surface area contributed by atoms with Crippen LogP contribution in [-0.2, 0) is 35.5 Å². The molecule has 10 heterocycles. The van der Waals surface area contributed by atoms with E-state index in [1.807, 2.05) is 29.1 Å². The molecule has 19 nitrogen and oxygen atoms in total. The van der Waals surface area contributed by atoms with E-state index in [1.165, 1.54) is 34.6 Å². The second-order valence-corrected chi connectivity index (χ2v) is 15.5. The second kappa shape index (κ2) is 18.3. The Morgan fingerprint density at radius 3 is 1.76 bits per heavy atom. The third kappa shape index (κ3) is 8.59. The van der Waals surface area contributed by atoms with Crippen molar-refractivity contribution in [2.75, 3.05) is 23.3 Å². The van der Waals surface area contributed by atoms with Crippen molar-refractivity contribution in [3.8, 4) is 34.4 Å². The molecule has 1 amide bonds. The SMILES string of the molecule is Fc1ccc(-n2ncc3c2CCCN3)cc1.O=C(Cn1nc(-c2ncc[nH]2)c2cccnc21)N1CCCc2c1cnn2-c1ccc(F)cc1.O=C(O)Cn1nc(-c2ncc[nH]2)c2cccnc21. The van der Waals surface area contributed by atoms with Crippen LogP contribution in [0.15, 0.2) is 122 Å². The van der Waals surface area contributed by atoms with Gasteiger partial charge in [-0.05, 0) is 98.5 Å². The summed E-state index contributed by atoms with van der Waals surface area (Å²) in [6, 6.07) is 20.0. The number of carbonyl (C=O) groups is 2. The number of fused-ring (bicyclic) bond motifs is 4. The van der Waals surface area contributed by atoms with Crippen LogP contribution in [0.2, 0.25) is 0 Å². The average Bonchev–Trinajstić information content (AvgIpc) is 4.23. The summed E-state index contributed by atoms with van der Waals surface area (Å²) in [5.41, 5.74) is 8.05. The Morgan fingerprint density at radius 1 is 0.642 bits per heavy atom. The first-order valence-corrected chi connectivity index (χ1v) is 21.3. The molecule has 0 aliphatic carbocycles. The zero-order chi connectivity index (χ0) is 45.9. The third-order valence-corrected chi connectivity index (χ3v) is 11.2. The fraction of sp³-hybridized carbons (Fsp3) is 0.174. The number of carbonyl (C=O) groups excluding carboxylic acids is 1. The lowest BCUT2D eigenvalue weighted by molar-refractivity contribution is -0.137. The standard InChI is InChI=1S/C23H19FN8O.C12H12FN3.C11H9N5O2/c24-15-5-7-16(8-6-15)32-18-4-2-12-30(19(18)13-28-32)20(33)14-31-23-17(3-1-9-27-23)21(29-31)22-25-10-11-26-22;13-9-3-5-10(6-4-9)16-12-2-1-7-14-11(12)8-15-16;17-8(18)6-16-11-7(2-1-3-14-11)9(15-16)10-12-4-5-13-10/h1,3,5-11,13H,2,4,12,14H2,(H,25,26);3-6,8,14H,1-2,7H2;1-5H,6H2,(H,12,13)(H,17,18). The number of aromatic amines is 2. The summed E-state index contributed by atoms with van der Waals surface area (Å²) in [4.78, 5) is 49.0. The van der Waals surface area contributed by atoms with Gasteiger partial charge in [0.2, 0.25) is 5.91 Å². The largest absolute Gasteiger partial charge is 0.480 e. The average molecular weight is 903 g/mol. The van der Waals surface area contributed by atoms with Crippen LogP contribution in [0.4, 0.5) is 20.2 Å². The molecule has 0 saturated heterocycles. The molecule has 336 valence electrons. The molecular formula is C46H40F2N16O3. The zero-order valence-corrected chi connectivity index (χ0v) is 35.5. The van der Waals surface area contributed by atoms with Crippen molar-refractivity contribution in [3.63, 3.8) is 0 Å². The predicted octanol–water partition coefficient (Wildman–Crippen LogP) is 6.40. The number of benzene rings is 2. The van der Waals surface area contributed by atoms with E-state index in [0.717, 1.165) is 71.4 Å². The van der Waals surface area contributed by atoms with Crippen LogP contribution < -0.4 is 10.2 Å². The second-order valence-electron chi connectivity index (χ2n) is 15.5. The summed E-state index contributed by atoms with van der Waals surface area (Å²) in [6.07, 6.45) is 17.2. The summed E-state index contributed by atoms with van der Waals surface area (Å²) in [6.45, 7) is 1.41. The highest BCUT2D eigenvalue weighted by molar-refractivity contribution is 5.96. The number of nitrogens with zero attached hydrogens (tertiary/aromatic N) is 13. The summed E-state index contributed by atoms with van der Waals surface area (Å²) in [7, 11) is 0. The minimum absolute atomic E-state index is 0.0371. The molecule has 2 aliphatic rings. The number of imidazole rings is 2. The molecule has 0 saturated carbocycles. The van der Waals surface area contributed by atoms with E-state index in [9.17, 15) is 18.4 Å². The Kier molecular flexibility index (Phi) is 11.5. The van der Waals surface area contributed by atoms with E-state index in [2.05, 4.69) is 55.6 Å². The lowest BCUT2D eigenvalue weighted by atomic mass is 10.1. The van der Waals surface area contributed by atoms with E-state index in [4.69, 9.17) is 5.11 Å². The van der Waals surface area contributed by atoms with Crippen LogP contribution in [0.5, 0.6) is 0 Å². The number of aromatic nitrogens is 14. The number of nitrogens with one attached hydrogen (secondary N) is 3. The Morgan fingerprint density at radius 2 is 1.19 bits per heavy atom. The zero-order valence-electron chi connectivity index (χ0n) is 35.5. The Labute approximate surface area is 378 Å². The number of rotatable bonds is 8. The lowest BCUT2D eigenvalue weighted by Gasteiger charge is -2.27. The highest BCUT2D eigenvalue weighted by atomic mass is 19.1. The molecule has 10 aromatic rings. The molecule has 2 aromatic carbocycles. The molecule has 0 unspecified atom stereocenters. The van der Waals surface area contributed by atoms with Gasteiger partial charge in [-0.3, -0.25) is 9.59 Å². The van der Waals surface area contributed by atoms with E-state index in [1.54, 1.807) is 88.0 Å². The van der Waals surface area contributed by atoms with Crippen molar-refractivity contribution in [3.05, 3.63) is 145 Å². The Bertz CT molecular complexity index is 3320. The normalized spacial score (nSPS) is 13.0. The number of halogens is 2. The molecule has 0 atom stereocenters. The number of hydrogen-bond acceptors (Lipinski definition) is 11. The van der Waals surface area contributed by atoms with Crippen molar-refractivity contribution >= 4 is 45.3 Å². The first-order chi connectivity index (χ1) is 32.8. The first-order valence-electron chi connectivity index (χ1n) is 21.3. The lowest BCUT2D eigenvalue weighted by Crippen LogP contribution is -2.38. The minimum Gasteiger partial charge on any atom is -0.480 e. The van der Waals surface area contributed by atoms with E-state index in [0.29, 0.717) is 40.9 Å². The van der Waals surface area contributed by atoms with Gasteiger partial charge < -0.3 is 25.3 Å². The Balaban J connectivity index is 0.000000130. The van der Waals surface area contributed by atoms with Crippen LogP contribution in [0, 0.1) is 11.6 Å². The number of hydrogen-bond donors (Lipinski definition) is 4. The van der Waals surface area contributed by atoms with Crippen molar-refractivity contribution in [2.45, 2.75) is 38.8 Å². The first kappa shape index (κ1) is 42.1. The molecule has 0 radical (unpaired) electrons. The molecule has 21 heteroatoms. The number of H-pyrrole nitrogens is 2. The van der Waals surface area contributed by atoms with Gasteiger partial charge in [-0.15, -0.1) is 0 Å². The van der Waals surface area contributed by atoms with Gasteiger partial charge in [0.15, 0.2) is 22.9 Å². The molecule has 0 bridgehead atoms. The molecule has 12 rings (SSSR count). The van der Waals surface area contributed by atoms with Crippen molar-refractivity contribution < 1.29 is 23.5 Å². The van der Waals surface area contributed by atoms with Gasteiger partial charge in [0.25, 0.3) is 0 Å². The number of anilines is 2. The van der Waals surface area contributed by atoms with Gasteiger partial charge in [-0.25, -0.2) is 47.4 Å². The molecule has 0 fully saturated rings. The maximum Gasteiger partial charge on any atom is 0.325 e. The smallest absolute Gasteiger partial charge is 0.325 e. The van der Waals surface area contributed by atoms with Crippen molar-refractivity contribution in [1.29, 1.82) is 0 Å². The van der Waals surface area contributed by atoms with Crippen molar-refractivity contribution in [2.24, 2.45) is 0 Å².